The van der Waals surface area contributed by atoms with Crippen molar-refractivity contribution in [3.8, 4) is 0 Å². The maximum absolute atomic E-state index is 5.91. The van der Waals surface area contributed by atoms with Gasteiger partial charge in [-0.2, -0.15) is 0 Å². The van der Waals surface area contributed by atoms with Gasteiger partial charge >= 0.3 is 0 Å². The van der Waals surface area contributed by atoms with Gasteiger partial charge in [-0.1, -0.05) is 6.92 Å². The fourth-order valence-corrected chi connectivity index (χ4v) is 2.48. The number of hydrogen-bond acceptors (Lipinski definition) is 4. The molecule has 0 saturated heterocycles. The molecule has 0 radical (unpaired) electrons. The molecule has 1 heterocycles. The van der Waals surface area contributed by atoms with Gasteiger partial charge in [-0.3, -0.25) is 0 Å². The van der Waals surface area contributed by atoms with Gasteiger partial charge in [0.15, 0.2) is 0 Å². The first kappa shape index (κ1) is 12.2. The third-order valence-electron chi connectivity index (χ3n) is 3.61. The van der Waals surface area contributed by atoms with Crippen LogP contribution in [0.25, 0.3) is 10.9 Å². The van der Waals surface area contributed by atoms with Crippen LogP contribution < -0.4 is 10.6 Å². The fraction of sp³-hybridized carbons (Fsp3) is 0.467. The highest BCUT2D eigenvalue weighted by molar-refractivity contribution is 5.91. The van der Waals surface area contributed by atoms with Crippen molar-refractivity contribution in [1.29, 1.82) is 0 Å². The number of fused-ring (bicyclic) bond motifs is 1. The Morgan fingerprint density at radius 1 is 1.32 bits per heavy atom. The Hall–Kier alpha value is -1.84. The largest absolute Gasteiger partial charge is 0.399 e. The minimum Gasteiger partial charge on any atom is -0.399 e. The lowest BCUT2D eigenvalue weighted by Crippen LogP contribution is -2.27. The summed E-state index contributed by atoms with van der Waals surface area (Å²) in [7, 11) is 0. The average Bonchev–Trinajstić information content (AvgIpc) is 3.21. The number of hydrogen-bond donors (Lipinski definition) is 1. The summed E-state index contributed by atoms with van der Waals surface area (Å²) in [5.74, 6) is 1.88. The highest BCUT2D eigenvalue weighted by Gasteiger charge is 2.25. The molecule has 0 spiro atoms. The van der Waals surface area contributed by atoms with E-state index in [0.717, 1.165) is 47.8 Å². The van der Waals surface area contributed by atoms with Gasteiger partial charge in [0.2, 0.25) is 0 Å². The van der Waals surface area contributed by atoms with E-state index < -0.39 is 0 Å². The number of nitrogens with two attached hydrogens (primary N) is 1. The van der Waals surface area contributed by atoms with Crippen molar-refractivity contribution in [1.82, 2.24) is 9.97 Å². The number of anilines is 2. The molecule has 1 aliphatic rings. The zero-order valence-electron chi connectivity index (χ0n) is 11.3. The molecule has 0 unspecified atom stereocenters. The van der Waals surface area contributed by atoms with E-state index in [1.54, 1.807) is 6.33 Å². The number of nitrogen functional groups attached to an aromatic ring is 1. The Balaban J connectivity index is 2.02. The lowest BCUT2D eigenvalue weighted by Gasteiger charge is -2.24. The molecule has 3 rings (SSSR count). The van der Waals surface area contributed by atoms with E-state index in [9.17, 15) is 0 Å². The van der Waals surface area contributed by atoms with E-state index in [2.05, 4.69) is 21.8 Å². The quantitative estimate of drug-likeness (QED) is 0.836. The van der Waals surface area contributed by atoms with E-state index in [-0.39, 0.29) is 0 Å². The molecule has 2 N–H and O–H groups in total. The molecule has 1 aromatic carbocycles. The Morgan fingerprint density at radius 2 is 2.16 bits per heavy atom. The predicted octanol–water partition coefficient (Wildman–Crippen LogP) is 2.84. The van der Waals surface area contributed by atoms with Crippen LogP contribution in [0.15, 0.2) is 24.5 Å². The summed E-state index contributed by atoms with van der Waals surface area (Å²) in [4.78, 5) is 11.2. The zero-order valence-corrected chi connectivity index (χ0v) is 11.3. The van der Waals surface area contributed by atoms with Crippen molar-refractivity contribution in [3.05, 3.63) is 24.5 Å². The minimum absolute atomic E-state index is 0.770. The molecule has 1 saturated carbocycles. The molecule has 1 aromatic heterocycles. The van der Waals surface area contributed by atoms with E-state index in [1.165, 1.54) is 12.8 Å². The molecule has 1 fully saturated rings. The maximum Gasteiger partial charge on any atom is 0.139 e. The third-order valence-corrected chi connectivity index (χ3v) is 3.61. The topological polar surface area (TPSA) is 55.0 Å². The van der Waals surface area contributed by atoms with Gasteiger partial charge in [-0.25, -0.2) is 9.97 Å². The Morgan fingerprint density at radius 3 is 2.89 bits per heavy atom. The Bertz CT molecular complexity index is 577. The minimum atomic E-state index is 0.770. The van der Waals surface area contributed by atoms with Crippen LogP contribution >= 0.6 is 0 Å². The van der Waals surface area contributed by atoms with Gasteiger partial charge in [0.05, 0.1) is 5.52 Å². The highest BCUT2D eigenvalue weighted by Crippen LogP contribution is 2.33. The molecule has 19 heavy (non-hydrogen) atoms. The molecule has 2 aromatic rings. The monoisotopic (exact) mass is 256 g/mol. The molecule has 100 valence electrons. The van der Waals surface area contributed by atoms with Crippen molar-refractivity contribution in [2.24, 2.45) is 5.92 Å². The maximum atomic E-state index is 5.91. The Kier molecular flexibility index (Phi) is 3.23. The molecule has 4 heteroatoms. The third kappa shape index (κ3) is 2.62. The van der Waals surface area contributed by atoms with Crippen molar-refractivity contribution < 1.29 is 0 Å². The summed E-state index contributed by atoms with van der Waals surface area (Å²) in [6.45, 7) is 4.35. The summed E-state index contributed by atoms with van der Waals surface area (Å²) < 4.78 is 0. The van der Waals surface area contributed by atoms with Crippen molar-refractivity contribution in [3.63, 3.8) is 0 Å². The summed E-state index contributed by atoms with van der Waals surface area (Å²) in [6.07, 6.45) is 5.49. The summed E-state index contributed by atoms with van der Waals surface area (Å²) >= 11 is 0. The number of nitrogens with zero attached hydrogens (tertiary/aromatic N) is 3. The molecular weight excluding hydrogens is 236 g/mol. The van der Waals surface area contributed by atoms with Crippen LogP contribution in [0.1, 0.15) is 26.2 Å². The predicted molar refractivity (Wildman–Crippen MR) is 79.2 cm³/mol. The fourth-order valence-electron chi connectivity index (χ4n) is 2.48. The SMILES string of the molecule is CCCN(CC1CC1)c1ncnc2ccc(N)cc12. The normalized spacial score (nSPS) is 14.8. The molecule has 1 aliphatic carbocycles. The van der Waals surface area contributed by atoms with Crippen LogP contribution in [-0.2, 0) is 0 Å². The summed E-state index contributed by atoms with van der Waals surface area (Å²) in [6, 6.07) is 5.85. The first-order valence-corrected chi connectivity index (χ1v) is 7.03. The van der Waals surface area contributed by atoms with Gasteiger partial charge in [0.25, 0.3) is 0 Å². The average molecular weight is 256 g/mol. The van der Waals surface area contributed by atoms with E-state index in [0.29, 0.717) is 0 Å². The lowest BCUT2D eigenvalue weighted by molar-refractivity contribution is 0.701. The Labute approximate surface area is 113 Å². The second-order valence-electron chi connectivity index (χ2n) is 5.36. The van der Waals surface area contributed by atoms with Crippen molar-refractivity contribution in [2.75, 3.05) is 23.7 Å². The van der Waals surface area contributed by atoms with Crippen LogP contribution in [0.2, 0.25) is 0 Å². The van der Waals surface area contributed by atoms with Crippen LogP contribution in [-0.4, -0.2) is 23.1 Å². The van der Waals surface area contributed by atoms with Gasteiger partial charge in [0, 0.05) is 24.2 Å². The standard InChI is InChI=1S/C15H20N4/c1-2-7-19(9-11-3-4-11)15-13-8-12(16)5-6-14(13)17-10-18-15/h5-6,8,10-11H,2-4,7,9,16H2,1H3. The van der Waals surface area contributed by atoms with Gasteiger partial charge in [-0.05, 0) is 43.4 Å². The molecule has 0 atom stereocenters. The van der Waals surface area contributed by atoms with Crippen LogP contribution in [0.3, 0.4) is 0 Å². The highest BCUT2D eigenvalue weighted by atomic mass is 15.2. The number of benzene rings is 1. The summed E-state index contributed by atoms with van der Waals surface area (Å²) in [5.41, 5.74) is 7.64. The molecule has 4 nitrogen and oxygen atoms in total. The van der Waals surface area contributed by atoms with E-state index >= 15 is 0 Å². The van der Waals surface area contributed by atoms with Gasteiger partial charge in [0.1, 0.15) is 12.1 Å². The van der Waals surface area contributed by atoms with Crippen molar-refractivity contribution >= 4 is 22.4 Å². The van der Waals surface area contributed by atoms with E-state index in [4.69, 9.17) is 5.73 Å². The molecule has 0 bridgehead atoms. The molecule has 0 aliphatic heterocycles. The molecular formula is C15H20N4. The first-order valence-electron chi connectivity index (χ1n) is 7.03. The zero-order chi connectivity index (χ0) is 13.2. The second kappa shape index (κ2) is 5.03. The van der Waals surface area contributed by atoms with E-state index in [1.807, 2.05) is 18.2 Å². The van der Waals surface area contributed by atoms with Gasteiger partial charge < -0.3 is 10.6 Å². The molecule has 0 amide bonds. The van der Waals surface area contributed by atoms with Gasteiger partial charge in [-0.15, -0.1) is 0 Å². The van der Waals surface area contributed by atoms with Crippen LogP contribution in [0.4, 0.5) is 11.5 Å². The smallest absolute Gasteiger partial charge is 0.139 e. The number of aromatic nitrogens is 2. The first-order chi connectivity index (χ1) is 9.28. The second-order valence-corrected chi connectivity index (χ2v) is 5.36. The number of rotatable bonds is 5. The lowest BCUT2D eigenvalue weighted by atomic mass is 10.2. The van der Waals surface area contributed by atoms with Crippen LogP contribution in [0, 0.1) is 5.92 Å². The van der Waals surface area contributed by atoms with Crippen LogP contribution in [0.5, 0.6) is 0 Å². The van der Waals surface area contributed by atoms with Crippen molar-refractivity contribution in [2.45, 2.75) is 26.2 Å². The summed E-state index contributed by atoms with van der Waals surface area (Å²) in [5, 5.41) is 1.07.